The van der Waals surface area contributed by atoms with Crippen LogP contribution in [0.4, 0.5) is 5.95 Å². The normalized spacial score (nSPS) is 11.8. The van der Waals surface area contributed by atoms with E-state index in [1.165, 1.54) is 5.56 Å². The maximum Gasteiger partial charge on any atom is 0.227 e. The molecule has 0 amide bonds. The summed E-state index contributed by atoms with van der Waals surface area (Å²) in [6.45, 7) is 4.77. The van der Waals surface area contributed by atoms with E-state index >= 15 is 0 Å². The number of rotatable bonds is 8. The van der Waals surface area contributed by atoms with Crippen molar-refractivity contribution in [1.29, 1.82) is 0 Å². The SMILES string of the molecule is CCC/C=C\C(=C/NC)Nc1nccc(-c2ccc(CN)c(C)c2)n1. The van der Waals surface area contributed by atoms with E-state index in [-0.39, 0.29) is 0 Å². The molecule has 2 rings (SSSR count). The van der Waals surface area contributed by atoms with Crippen LogP contribution >= 0.6 is 0 Å². The molecule has 4 N–H and O–H groups in total. The largest absolute Gasteiger partial charge is 0.392 e. The monoisotopic (exact) mass is 337 g/mol. The molecule has 5 heteroatoms. The molecule has 2 aromatic rings. The van der Waals surface area contributed by atoms with Gasteiger partial charge in [-0.2, -0.15) is 0 Å². The number of benzene rings is 1. The van der Waals surface area contributed by atoms with Gasteiger partial charge in [-0.15, -0.1) is 0 Å². The van der Waals surface area contributed by atoms with Crippen LogP contribution in [0.15, 0.2) is 54.5 Å². The first-order valence-electron chi connectivity index (χ1n) is 8.62. The number of hydrogen-bond donors (Lipinski definition) is 3. The molecule has 0 aliphatic rings. The number of nitrogens with zero attached hydrogens (tertiary/aromatic N) is 2. The van der Waals surface area contributed by atoms with Crippen molar-refractivity contribution in [1.82, 2.24) is 15.3 Å². The van der Waals surface area contributed by atoms with Gasteiger partial charge in [0, 0.05) is 31.6 Å². The number of unbranched alkanes of at least 4 members (excludes halogenated alkanes) is 1. The van der Waals surface area contributed by atoms with Crippen molar-refractivity contribution >= 4 is 5.95 Å². The van der Waals surface area contributed by atoms with E-state index in [1.807, 2.05) is 31.5 Å². The molecule has 1 aromatic heterocycles. The first-order valence-corrected chi connectivity index (χ1v) is 8.62. The van der Waals surface area contributed by atoms with Gasteiger partial charge in [0.1, 0.15) is 0 Å². The zero-order valence-electron chi connectivity index (χ0n) is 15.2. The van der Waals surface area contributed by atoms with Crippen molar-refractivity contribution in [3.8, 4) is 11.3 Å². The van der Waals surface area contributed by atoms with Crippen molar-refractivity contribution in [2.45, 2.75) is 33.2 Å². The topological polar surface area (TPSA) is 75.9 Å². The number of nitrogens with two attached hydrogens (primary N) is 1. The Morgan fingerprint density at radius 2 is 2.12 bits per heavy atom. The molecular weight excluding hydrogens is 310 g/mol. The summed E-state index contributed by atoms with van der Waals surface area (Å²) in [5.41, 5.74) is 10.9. The van der Waals surface area contributed by atoms with E-state index in [4.69, 9.17) is 5.73 Å². The Balaban J connectivity index is 2.23. The van der Waals surface area contributed by atoms with Crippen LogP contribution in [-0.2, 0) is 6.54 Å². The van der Waals surface area contributed by atoms with Crippen LogP contribution in [0.2, 0.25) is 0 Å². The van der Waals surface area contributed by atoms with Crippen LogP contribution < -0.4 is 16.4 Å². The number of hydrogen-bond acceptors (Lipinski definition) is 5. The molecule has 0 unspecified atom stereocenters. The average Bonchev–Trinajstić information content (AvgIpc) is 2.62. The smallest absolute Gasteiger partial charge is 0.227 e. The lowest BCUT2D eigenvalue weighted by atomic mass is 10.0. The number of aryl methyl sites for hydroxylation is 1. The zero-order valence-corrected chi connectivity index (χ0v) is 15.2. The average molecular weight is 337 g/mol. The van der Waals surface area contributed by atoms with Gasteiger partial charge in [0.05, 0.1) is 11.4 Å². The molecule has 0 radical (unpaired) electrons. The maximum absolute atomic E-state index is 5.74. The first kappa shape index (κ1) is 18.7. The van der Waals surface area contributed by atoms with Crippen LogP contribution in [0.3, 0.4) is 0 Å². The van der Waals surface area contributed by atoms with Crippen molar-refractivity contribution < 1.29 is 0 Å². The van der Waals surface area contributed by atoms with Gasteiger partial charge in [0.15, 0.2) is 0 Å². The van der Waals surface area contributed by atoms with Gasteiger partial charge >= 0.3 is 0 Å². The fraction of sp³-hybridized carbons (Fsp3) is 0.300. The predicted molar refractivity (Wildman–Crippen MR) is 105 cm³/mol. The molecule has 25 heavy (non-hydrogen) atoms. The van der Waals surface area contributed by atoms with E-state index in [9.17, 15) is 0 Å². The van der Waals surface area contributed by atoms with Gasteiger partial charge in [-0.25, -0.2) is 9.97 Å². The third-order valence-electron chi connectivity index (χ3n) is 3.82. The Morgan fingerprint density at radius 1 is 1.28 bits per heavy atom. The second kappa shape index (κ2) is 9.59. The Labute approximate surface area is 150 Å². The minimum atomic E-state index is 0.547. The molecule has 1 heterocycles. The summed E-state index contributed by atoms with van der Waals surface area (Å²) in [5, 5.41) is 6.29. The first-order chi connectivity index (χ1) is 12.2. The number of nitrogens with one attached hydrogen (secondary N) is 2. The molecule has 0 fully saturated rings. The Morgan fingerprint density at radius 3 is 2.80 bits per heavy atom. The lowest BCUT2D eigenvalue weighted by Crippen LogP contribution is -2.06. The molecule has 0 bridgehead atoms. The zero-order chi connectivity index (χ0) is 18.1. The van der Waals surface area contributed by atoms with E-state index in [1.54, 1.807) is 6.20 Å². The van der Waals surface area contributed by atoms with Crippen molar-refractivity contribution in [3.63, 3.8) is 0 Å². The molecule has 0 atom stereocenters. The van der Waals surface area contributed by atoms with E-state index in [2.05, 4.69) is 52.7 Å². The second-order valence-electron chi connectivity index (χ2n) is 5.82. The summed E-state index contributed by atoms with van der Waals surface area (Å²) in [4.78, 5) is 8.96. The molecule has 0 aliphatic carbocycles. The summed E-state index contributed by atoms with van der Waals surface area (Å²) in [6.07, 6.45) is 9.99. The highest BCUT2D eigenvalue weighted by atomic mass is 15.1. The van der Waals surface area contributed by atoms with Gasteiger partial charge in [0.2, 0.25) is 5.95 Å². The minimum absolute atomic E-state index is 0.547. The third kappa shape index (κ3) is 5.43. The van der Waals surface area contributed by atoms with E-state index in [0.29, 0.717) is 12.5 Å². The lowest BCUT2D eigenvalue weighted by molar-refractivity contribution is 0.956. The highest BCUT2D eigenvalue weighted by molar-refractivity contribution is 5.62. The Hall–Kier alpha value is -2.66. The fourth-order valence-corrected chi connectivity index (χ4v) is 2.45. The summed E-state index contributed by atoms with van der Waals surface area (Å²) < 4.78 is 0. The summed E-state index contributed by atoms with van der Waals surface area (Å²) in [6, 6.07) is 8.13. The summed E-state index contributed by atoms with van der Waals surface area (Å²) >= 11 is 0. The molecule has 0 spiro atoms. The number of aromatic nitrogens is 2. The highest BCUT2D eigenvalue weighted by Gasteiger charge is 2.05. The number of anilines is 1. The van der Waals surface area contributed by atoms with Crippen molar-refractivity contribution in [2.75, 3.05) is 12.4 Å². The Bertz CT molecular complexity index is 750. The van der Waals surface area contributed by atoms with Gasteiger partial charge in [-0.1, -0.05) is 31.6 Å². The van der Waals surface area contributed by atoms with Gasteiger partial charge in [0.25, 0.3) is 0 Å². The van der Waals surface area contributed by atoms with Crippen LogP contribution in [0, 0.1) is 6.92 Å². The van der Waals surface area contributed by atoms with Crippen LogP contribution in [0.25, 0.3) is 11.3 Å². The van der Waals surface area contributed by atoms with Crippen molar-refractivity contribution in [3.05, 3.63) is 65.6 Å². The Kier molecular flexibility index (Phi) is 7.16. The molecule has 5 nitrogen and oxygen atoms in total. The molecule has 0 saturated heterocycles. The molecular formula is C20H27N5. The third-order valence-corrected chi connectivity index (χ3v) is 3.82. The molecule has 0 saturated carbocycles. The quantitative estimate of drug-likeness (QED) is 0.640. The van der Waals surface area contributed by atoms with Crippen LogP contribution in [-0.4, -0.2) is 17.0 Å². The van der Waals surface area contributed by atoms with Crippen LogP contribution in [0.5, 0.6) is 0 Å². The second-order valence-corrected chi connectivity index (χ2v) is 5.82. The van der Waals surface area contributed by atoms with E-state index in [0.717, 1.165) is 35.4 Å². The summed E-state index contributed by atoms with van der Waals surface area (Å²) in [7, 11) is 1.87. The van der Waals surface area contributed by atoms with Gasteiger partial charge in [-0.3, -0.25) is 0 Å². The van der Waals surface area contributed by atoms with Gasteiger partial charge < -0.3 is 16.4 Å². The standard InChI is InChI=1S/C20H27N5/c1-4-5-6-7-18(14-22-3)24-20-23-11-10-19(25-20)16-8-9-17(13-21)15(2)12-16/h6-12,14,22H,4-5,13,21H2,1-3H3,(H,23,24,25)/b7-6-,18-14+. The lowest BCUT2D eigenvalue weighted by Gasteiger charge is -2.09. The van der Waals surface area contributed by atoms with Gasteiger partial charge in [-0.05, 0) is 42.7 Å². The van der Waals surface area contributed by atoms with Crippen LogP contribution in [0.1, 0.15) is 30.9 Å². The molecule has 1 aromatic carbocycles. The maximum atomic E-state index is 5.74. The summed E-state index contributed by atoms with van der Waals surface area (Å²) in [5.74, 6) is 0.570. The number of allylic oxidation sites excluding steroid dienone is 2. The minimum Gasteiger partial charge on any atom is -0.392 e. The predicted octanol–water partition coefficient (Wildman–Crippen LogP) is 3.74. The molecule has 0 aliphatic heterocycles. The van der Waals surface area contributed by atoms with Crippen molar-refractivity contribution in [2.24, 2.45) is 5.73 Å². The highest BCUT2D eigenvalue weighted by Crippen LogP contribution is 2.21. The fourth-order valence-electron chi connectivity index (χ4n) is 2.45. The van der Waals surface area contributed by atoms with E-state index < -0.39 is 0 Å². The molecule has 132 valence electrons.